The Morgan fingerprint density at radius 3 is 1.96 bits per heavy atom. The summed E-state index contributed by atoms with van der Waals surface area (Å²) in [5.41, 5.74) is 0. The number of phosphoric ester groups is 1. The largest absolute Gasteiger partial charge is 0.472 e. The lowest BCUT2D eigenvalue weighted by Crippen LogP contribution is -2.30. The summed E-state index contributed by atoms with van der Waals surface area (Å²) in [5.74, 6) is 0. The van der Waals surface area contributed by atoms with E-state index in [1.54, 1.807) is 6.92 Å². The molecule has 2 N–H and O–H groups in total. The predicted octanol–water partition coefficient (Wildman–Crippen LogP) is 1.69. The molecule has 0 aromatic carbocycles. The van der Waals surface area contributed by atoms with Crippen LogP contribution in [-0.2, 0) is 36.9 Å². The molecule has 12 heteroatoms. The maximum Gasteiger partial charge on any atom is 0.472 e. The molecule has 0 saturated carbocycles. The summed E-state index contributed by atoms with van der Waals surface area (Å²) < 4.78 is 55.3. The summed E-state index contributed by atoms with van der Waals surface area (Å²) >= 11 is 0. The molecule has 2 rings (SSSR count). The predicted molar refractivity (Wildman–Crippen MR) is 91.1 cm³/mol. The van der Waals surface area contributed by atoms with Crippen LogP contribution in [0.4, 0.5) is 0 Å². The number of ether oxygens (including phenoxy) is 3. The molecule has 0 amide bonds. The van der Waals surface area contributed by atoms with Gasteiger partial charge in [0.15, 0.2) is 0 Å². The fourth-order valence-corrected chi connectivity index (χ4v) is 4.83. The minimum absolute atomic E-state index is 0.125. The smallest absolute Gasteiger partial charge is 0.382 e. The van der Waals surface area contributed by atoms with Crippen LogP contribution in [0, 0.1) is 0 Å². The zero-order chi connectivity index (χ0) is 19.5. The topological polar surface area (TPSA) is 130 Å². The summed E-state index contributed by atoms with van der Waals surface area (Å²) in [5, 5.41) is 0. The van der Waals surface area contributed by atoms with E-state index in [0.717, 1.165) is 6.66 Å². The van der Waals surface area contributed by atoms with E-state index in [9.17, 15) is 18.9 Å². The second-order valence-corrected chi connectivity index (χ2v) is 9.97. The van der Waals surface area contributed by atoms with Gasteiger partial charge in [-0.15, -0.1) is 0 Å². The highest BCUT2D eigenvalue weighted by molar-refractivity contribution is 7.51. The number of methoxy groups -OCH3 is 1. The third kappa shape index (κ3) is 6.95. The SMILES string of the molecule is COC[C@H]1OC(C)C[C@H]1OP(=O)(O)OC[C@H]1OC(C)C[C@H]1OP(C)(=O)O. The van der Waals surface area contributed by atoms with E-state index in [0.29, 0.717) is 12.8 Å². The molecule has 0 aliphatic carbocycles. The first-order chi connectivity index (χ1) is 12.0. The van der Waals surface area contributed by atoms with Gasteiger partial charge >= 0.3 is 15.4 Å². The maximum absolute atomic E-state index is 12.3. The first-order valence-corrected chi connectivity index (χ1v) is 12.0. The van der Waals surface area contributed by atoms with Crippen molar-refractivity contribution < 1.29 is 46.7 Å². The van der Waals surface area contributed by atoms with Gasteiger partial charge < -0.3 is 28.5 Å². The third-order valence-corrected chi connectivity index (χ3v) is 5.78. The van der Waals surface area contributed by atoms with Crippen molar-refractivity contribution in [3.8, 4) is 0 Å². The van der Waals surface area contributed by atoms with Crippen LogP contribution < -0.4 is 0 Å². The molecule has 0 radical (unpaired) electrons. The molecule has 0 aromatic rings. The molecule has 0 bridgehead atoms. The number of hydrogen-bond donors (Lipinski definition) is 2. The molecule has 4 unspecified atom stereocenters. The lowest BCUT2D eigenvalue weighted by Gasteiger charge is -2.23. The molecular weight excluding hydrogens is 390 g/mol. The van der Waals surface area contributed by atoms with E-state index in [1.165, 1.54) is 7.11 Å². The van der Waals surface area contributed by atoms with Crippen molar-refractivity contribution >= 4 is 15.4 Å². The molecule has 2 heterocycles. The Kier molecular flexibility index (Phi) is 7.84. The summed E-state index contributed by atoms with van der Waals surface area (Å²) in [7, 11) is -6.60. The van der Waals surface area contributed by atoms with Gasteiger partial charge in [-0.05, 0) is 13.8 Å². The molecule has 2 aliphatic rings. The summed E-state index contributed by atoms with van der Waals surface area (Å²) in [6, 6.07) is 0. The lowest BCUT2D eigenvalue weighted by atomic mass is 10.1. The van der Waals surface area contributed by atoms with E-state index in [2.05, 4.69) is 0 Å². The fourth-order valence-electron chi connectivity index (χ4n) is 3.14. The van der Waals surface area contributed by atoms with Gasteiger partial charge in [0.1, 0.15) is 18.3 Å². The molecule has 8 atom stereocenters. The van der Waals surface area contributed by atoms with Crippen LogP contribution in [0.3, 0.4) is 0 Å². The first-order valence-electron chi connectivity index (χ1n) is 8.43. The van der Waals surface area contributed by atoms with Crippen molar-refractivity contribution in [2.75, 3.05) is 27.0 Å². The van der Waals surface area contributed by atoms with E-state index in [1.807, 2.05) is 6.92 Å². The number of hydrogen-bond acceptors (Lipinski definition) is 8. The highest BCUT2D eigenvalue weighted by Crippen LogP contribution is 2.48. The molecule has 10 nitrogen and oxygen atoms in total. The monoisotopic (exact) mass is 418 g/mol. The Labute approximate surface area is 153 Å². The Morgan fingerprint density at radius 1 is 0.962 bits per heavy atom. The van der Waals surface area contributed by atoms with E-state index >= 15 is 0 Å². The van der Waals surface area contributed by atoms with Crippen LogP contribution in [0.2, 0.25) is 0 Å². The first kappa shape index (κ1) is 22.4. The lowest BCUT2D eigenvalue weighted by molar-refractivity contribution is -0.0391. The van der Waals surface area contributed by atoms with Crippen molar-refractivity contribution in [2.24, 2.45) is 0 Å². The summed E-state index contributed by atoms with van der Waals surface area (Å²) in [6.45, 7) is 4.61. The van der Waals surface area contributed by atoms with Crippen LogP contribution in [0.5, 0.6) is 0 Å². The second-order valence-electron chi connectivity index (χ2n) is 6.75. The van der Waals surface area contributed by atoms with Gasteiger partial charge in [-0.3, -0.25) is 13.6 Å². The van der Waals surface area contributed by atoms with Gasteiger partial charge in [-0.1, -0.05) is 0 Å². The highest BCUT2D eigenvalue weighted by atomic mass is 31.2. The minimum Gasteiger partial charge on any atom is -0.382 e. The maximum atomic E-state index is 12.3. The van der Waals surface area contributed by atoms with Gasteiger partial charge in [0.05, 0.1) is 31.5 Å². The van der Waals surface area contributed by atoms with Crippen molar-refractivity contribution in [1.29, 1.82) is 0 Å². The Bertz CT molecular complexity index is 552. The second kappa shape index (κ2) is 9.09. The van der Waals surface area contributed by atoms with Crippen molar-refractivity contribution in [2.45, 2.75) is 63.3 Å². The molecule has 154 valence electrons. The van der Waals surface area contributed by atoms with E-state index in [-0.39, 0.29) is 25.4 Å². The van der Waals surface area contributed by atoms with Crippen LogP contribution in [-0.4, -0.2) is 73.4 Å². The van der Waals surface area contributed by atoms with Gasteiger partial charge in [0.2, 0.25) is 0 Å². The number of phosphoric acid groups is 1. The summed E-state index contributed by atoms with van der Waals surface area (Å²) in [6.07, 6.45) is -2.08. The molecule has 2 saturated heterocycles. The average molecular weight is 418 g/mol. The Morgan fingerprint density at radius 2 is 1.46 bits per heavy atom. The van der Waals surface area contributed by atoms with Crippen LogP contribution in [0.1, 0.15) is 26.7 Å². The standard InChI is InChI=1S/C14H28O10P2/c1-9-5-11(23-25(4,15)16)14(22-9)8-20-26(17,18)24-12-6-10(2)21-13(12)7-19-3/h9-14H,5-8H2,1-4H3,(H,15,16)(H,17,18)/t9?,10?,11-,12-,13-,14-/m1/s1. The molecule has 26 heavy (non-hydrogen) atoms. The van der Waals surface area contributed by atoms with Gasteiger partial charge in [0.25, 0.3) is 0 Å². The van der Waals surface area contributed by atoms with Crippen LogP contribution in [0.25, 0.3) is 0 Å². The molecular formula is C14H28O10P2. The van der Waals surface area contributed by atoms with E-state index < -0.39 is 39.8 Å². The Balaban J connectivity index is 1.90. The normalized spacial score (nSPS) is 39.6. The highest BCUT2D eigenvalue weighted by Gasteiger charge is 2.42. The molecule has 0 spiro atoms. The van der Waals surface area contributed by atoms with Crippen molar-refractivity contribution in [3.63, 3.8) is 0 Å². The van der Waals surface area contributed by atoms with Crippen LogP contribution in [0.15, 0.2) is 0 Å². The van der Waals surface area contributed by atoms with Crippen molar-refractivity contribution in [3.05, 3.63) is 0 Å². The van der Waals surface area contributed by atoms with Gasteiger partial charge in [-0.2, -0.15) is 0 Å². The quantitative estimate of drug-likeness (QED) is 0.534. The number of rotatable bonds is 9. The van der Waals surface area contributed by atoms with Crippen LogP contribution >= 0.6 is 15.4 Å². The zero-order valence-corrected chi connectivity index (χ0v) is 17.1. The summed E-state index contributed by atoms with van der Waals surface area (Å²) in [4.78, 5) is 19.4. The molecule has 2 fully saturated rings. The van der Waals surface area contributed by atoms with Crippen molar-refractivity contribution in [1.82, 2.24) is 0 Å². The van der Waals surface area contributed by atoms with Gasteiger partial charge in [0, 0.05) is 26.6 Å². The molecule has 0 aromatic heterocycles. The molecule has 2 aliphatic heterocycles. The zero-order valence-electron chi connectivity index (χ0n) is 15.3. The fraction of sp³-hybridized carbons (Fsp3) is 1.00. The average Bonchev–Trinajstić information content (AvgIpc) is 2.98. The Hall–Kier alpha value is 0.140. The van der Waals surface area contributed by atoms with Gasteiger partial charge in [-0.25, -0.2) is 4.57 Å². The minimum atomic E-state index is -4.38. The van der Waals surface area contributed by atoms with E-state index in [4.69, 9.17) is 27.8 Å². The third-order valence-electron chi connectivity index (χ3n) is 4.10.